The number of aliphatic hydroxyl groups is 2. The van der Waals surface area contributed by atoms with Gasteiger partial charge in [-0.15, -0.1) is 0 Å². The second kappa shape index (κ2) is 2.62. The lowest BCUT2D eigenvalue weighted by molar-refractivity contribution is -0.134. The quantitative estimate of drug-likeness (QED) is 0.468. The van der Waals surface area contributed by atoms with Crippen molar-refractivity contribution in [3.63, 3.8) is 0 Å². The number of methoxy groups -OCH3 is 1. The van der Waals surface area contributed by atoms with Crippen LogP contribution in [0.3, 0.4) is 0 Å². The van der Waals surface area contributed by atoms with Gasteiger partial charge in [0, 0.05) is 7.11 Å². The topological polar surface area (TPSA) is 58.9 Å². The highest BCUT2D eigenvalue weighted by atomic mass is 16.7. The van der Waals surface area contributed by atoms with Crippen LogP contribution < -0.4 is 0 Å². The second-order valence-corrected chi connectivity index (χ2v) is 2.00. The van der Waals surface area contributed by atoms with Crippen LogP contribution >= 0.6 is 0 Å². The van der Waals surface area contributed by atoms with Gasteiger partial charge in [-0.05, 0) is 0 Å². The highest BCUT2D eigenvalue weighted by Gasteiger charge is 2.34. The van der Waals surface area contributed by atoms with Crippen LogP contribution in [0.1, 0.15) is 0 Å². The van der Waals surface area contributed by atoms with Gasteiger partial charge in [-0.2, -0.15) is 0 Å². The SMILES string of the molecule is CO[C@@H]1OC[C@@H](O)[C@@H]1O. The molecule has 0 unspecified atom stereocenters. The predicted octanol–water partition coefficient (Wildman–Crippen LogP) is -1.29. The molecule has 4 nitrogen and oxygen atoms in total. The lowest BCUT2D eigenvalue weighted by atomic mass is 10.2. The first kappa shape index (κ1) is 6.95. The third-order valence-electron chi connectivity index (χ3n) is 1.34. The third kappa shape index (κ3) is 1.21. The molecule has 0 aliphatic carbocycles. The molecule has 0 bridgehead atoms. The van der Waals surface area contributed by atoms with Gasteiger partial charge in [0.2, 0.25) is 0 Å². The Morgan fingerprint density at radius 3 is 2.44 bits per heavy atom. The van der Waals surface area contributed by atoms with Crippen molar-refractivity contribution < 1.29 is 19.7 Å². The molecule has 1 heterocycles. The lowest BCUT2D eigenvalue weighted by Crippen LogP contribution is -2.30. The first-order valence-electron chi connectivity index (χ1n) is 2.76. The summed E-state index contributed by atoms with van der Waals surface area (Å²) in [6.45, 7) is 0.152. The van der Waals surface area contributed by atoms with Crippen molar-refractivity contribution >= 4 is 0 Å². The molecule has 0 radical (unpaired) electrons. The average molecular weight is 134 g/mol. The Bertz CT molecular complexity index is 95.0. The zero-order valence-electron chi connectivity index (χ0n) is 5.15. The van der Waals surface area contributed by atoms with Gasteiger partial charge in [0.25, 0.3) is 0 Å². The molecule has 1 aliphatic heterocycles. The molecule has 0 amide bonds. The lowest BCUT2D eigenvalue weighted by Gasteiger charge is -2.11. The van der Waals surface area contributed by atoms with Crippen molar-refractivity contribution in [2.45, 2.75) is 18.5 Å². The fourth-order valence-electron chi connectivity index (χ4n) is 0.779. The van der Waals surface area contributed by atoms with Crippen molar-refractivity contribution in [1.29, 1.82) is 0 Å². The Balaban J connectivity index is 2.41. The van der Waals surface area contributed by atoms with E-state index in [0.717, 1.165) is 0 Å². The summed E-state index contributed by atoms with van der Waals surface area (Å²) in [5, 5.41) is 17.8. The van der Waals surface area contributed by atoms with Crippen molar-refractivity contribution in [2.24, 2.45) is 0 Å². The summed E-state index contributed by atoms with van der Waals surface area (Å²) in [4.78, 5) is 0. The smallest absolute Gasteiger partial charge is 0.185 e. The van der Waals surface area contributed by atoms with Crippen LogP contribution in [0.2, 0.25) is 0 Å². The maximum atomic E-state index is 8.96. The predicted molar refractivity (Wildman–Crippen MR) is 28.8 cm³/mol. The summed E-state index contributed by atoms with van der Waals surface area (Å²) < 4.78 is 9.47. The van der Waals surface area contributed by atoms with Crippen molar-refractivity contribution in [1.82, 2.24) is 0 Å². The molecular weight excluding hydrogens is 124 g/mol. The zero-order chi connectivity index (χ0) is 6.85. The molecule has 0 aromatic rings. The van der Waals surface area contributed by atoms with E-state index in [2.05, 4.69) is 4.74 Å². The van der Waals surface area contributed by atoms with E-state index < -0.39 is 18.5 Å². The van der Waals surface area contributed by atoms with Gasteiger partial charge in [-0.1, -0.05) is 0 Å². The van der Waals surface area contributed by atoms with Crippen molar-refractivity contribution in [3.8, 4) is 0 Å². The summed E-state index contributed by atoms with van der Waals surface area (Å²) >= 11 is 0. The highest BCUT2D eigenvalue weighted by Crippen LogP contribution is 2.13. The van der Waals surface area contributed by atoms with Gasteiger partial charge < -0.3 is 19.7 Å². The molecule has 3 atom stereocenters. The summed E-state index contributed by atoms with van der Waals surface area (Å²) in [7, 11) is 1.42. The molecule has 1 aliphatic rings. The first-order valence-corrected chi connectivity index (χ1v) is 2.76. The van der Waals surface area contributed by atoms with E-state index in [0.29, 0.717) is 0 Å². The van der Waals surface area contributed by atoms with Crippen molar-refractivity contribution in [3.05, 3.63) is 0 Å². The fraction of sp³-hybridized carbons (Fsp3) is 1.00. The number of rotatable bonds is 1. The molecule has 9 heavy (non-hydrogen) atoms. The summed E-state index contributed by atoms with van der Waals surface area (Å²) in [5.41, 5.74) is 0. The summed E-state index contributed by atoms with van der Waals surface area (Å²) in [5.74, 6) is 0. The van der Waals surface area contributed by atoms with Gasteiger partial charge in [-0.25, -0.2) is 0 Å². The molecule has 54 valence electrons. The minimum Gasteiger partial charge on any atom is -0.388 e. The van der Waals surface area contributed by atoms with Gasteiger partial charge >= 0.3 is 0 Å². The molecule has 2 N–H and O–H groups in total. The molecule has 1 rings (SSSR count). The second-order valence-electron chi connectivity index (χ2n) is 2.00. The largest absolute Gasteiger partial charge is 0.388 e. The van der Waals surface area contributed by atoms with E-state index in [9.17, 15) is 0 Å². The van der Waals surface area contributed by atoms with Crippen molar-refractivity contribution in [2.75, 3.05) is 13.7 Å². The highest BCUT2D eigenvalue weighted by molar-refractivity contribution is 4.76. The van der Waals surface area contributed by atoms with E-state index in [1.807, 2.05) is 0 Å². The molecular formula is C5H10O4. The Labute approximate surface area is 53.0 Å². The van der Waals surface area contributed by atoms with E-state index in [4.69, 9.17) is 14.9 Å². The van der Waals surface area contributed by atoms with Crippen LogP contribution in [0, 0.1) is 0 Å². The minimum absolute atomic E-state index is 0.152. The molecule has 0 aromatic carbocycles. The number of hydrogen-bond acceptors (Lipinski definition) is 4. The van der Waals surface area contributed by atoms with E-state index in [-0.39, 0.29) is 6.61 Å². The number of ether oxygens (including phenoxy) is 2. The van der Waals surface area contributed by atoms with Crippen LogP contribution in [0.5, 0.6) is 0 Å². The summed E-state index contributed by atoms with van der Waals surface area (Å²) in [6.07, 6.45) is -2.34. The van der Waals surface area contributed by atoms with Gasteiger partial charge in [0.05, 0.1) is 6.61 Å². The van der Waals surface area contributed by atoms with Crippen LogP contribution in [0.15, 0.2) is 0 Å². The average Bonchev–Trinajstić information content (AvgIpc) is 2.15. The molecule has 0 saturated carbocycles. The van der Waals surface area contributed by atoms with Crippen LogP contribution in [-0.4, -0.2) is 42.4 Å². The third-order valence-corrected chi connectivity index (χ3v) is 1.34. The minimum atomic E-state index is -0.894. The molecule has 0 aromatic heterocycles. The molecule has 1 fully saturated rings. The van der Waals surface area contributed by atoms with Gasteiger partial charge in [0.15, 0.2) is 6.29 Å². The maximum absolute atomic E-state index is 8.96. The molecule has 4 heteroatoms. The summed E-state index contributed by atoms with van der Waals surface area (Å²) in [6, 6.07) is 0. The van der Waals surface area contributed by atoms with E-state index >= 15 is 0 Å². The Hall–Kier alpha value is -0.160. The molecule has 1 saturated heterocycles. The fourth-order valence-corrected chi connectivity index (χ4v) is 0.779. The van der Waals surface area contributed by atoms with Crippen LogP contribution in [0.25, 0.3) is 0 Å². The molecule has 0 spiro atoms. The maximum Gasteiger partial charge on any atom is 0.185 e. The zero-order valence-corrected chi connectivity index (χ0v) is 5.15. The normalized spacial score (nSPS) is 43.7. The number of aliphatic hydroxyl groups excluding tert-OH is 2. The standard InChI is InChI=1S/C5H10O4/c1-8-5-4(7)3(6)2-9-5/h3-7H,2H2,1H3/t3-,4+,5-/m1/s1. The Morgan fingerprint density at radius 1 is 1.56 bits per heavy atom. The van der Waals surface area contributed by atoms with Gasteiger partial charge in [0.1, 0.15) is 12.2 Å². The van der Waals surface area contributed by atoms with Gasteiger partial charge in [-0.3, -0.25) is 0 Å². The van der Waals surface area contributed by atoms with Crippen LogP contribution in [-0.2, 0) is 9.47 Å². The number of hydrogen-bond donors (Lipinski definition) is 2. The Morgan fingerprint density at radius 2 is 2.22 bits per heavy atom. The monoisotopic (exact) mass is 134 g/mol. The Kier molecular flexibility index (Phi) is 2.02. The van der Waals surface area contributed by atoms with E-state index in [1.54, 1.807) is 0 Å². The van der Waals surface area contributed by atoms with E-state index in [1.165, 1.54) is 7.11 Å². The first-order chi connectivity index (χ1) is 4.25. The van der Waals surface area contributed by atoms with Crippen LogP contribution in [0.4, 0.5) is 0 Å².